The van der Waals surface area contributed by atoms with Crippen molar-refractivity contribution in [2.75, 3.05) is 25.4 Å². The molecule has 3 heteroatoms. The number of aliphatic hydroxyl groups is 1. The van der Waals surface area contributed by atoms with Gasteiger partial charge in [-0.2, -0.15) is 0 Å². The molecule has 1 aliphatic rings. The highest BCUT2D eigenvalue weighted by atomic mass is 16.3. The van der Waals surface area contributed by atoms with Crippen LogP contribution in [0.2, 0.25) is 0 Å². The first-order valence-corrected chi connectivity index (χ1v) is 7.55. The van der Waals surface area contributed by atoms with Crippen LogP contribution in [0.1, 0.15) is 22.8 Å². The van der Waals surface area contributed by atoms with E-state index in [0.717, 1.165) is 31.5 Å². The van der Waals surface area contributed by atoms with Crippen LogP contribution in [0.5, 0.6) is 0 Å². The lowest BCUT2D eigenvalue weighted by atomic mass is 10.0. The van der Waals surface area contributed by atoms with Crippen molar-refractivity contribution in [1.29, 1.82) is 0 Å². The molecule has 0 aliphatic carbocycles. The third-order valence-electron chi connectivity index (χ3n) is 4.24. The molecule has 0 fully saturated rings. The lowest BCUT2D eigenvalue weighted by Crippen LogP contribution is -2.31. The van der Waals surface area contributed by atoms with Gasteiger partial charge in [-0.1, -0.05) is 36.4 Å². The fraction of sp³-hybridized carbons (Fsp3) is 0.333. The number of nitrogen functional groups attached to an aromatic ring is 1. The van der Waals surface area contributed by atoms with Gasteiger partial charge in [0.1, 0.15) is 0 Å². The SMILES string of the molecule is Nc1cccc(C(O)CN2CCc3ccccc3CC2)c1. The van der Waals surface area contributed by atoms with Gasteiger partial charge < -0.3 is 10.8 Å². The Morgan fingerprint density at radius 2 is 1.67 bits per heavy atom. The molecule has 1 unspecified atom stereocenters. The van der Waals surface area contributed by atoms with Crippen LogP contribution in [0.25, 0.3) is 0 Å². The van der Waals surface area contributed by atoms with Gasteiger partial charge >= 0.3 is 0 Å². The smallest absolute Gasteiger partial charge is 0.0917 e. The molecule has 1 atom stereocenters. The standard InChI is InChI=1S/C18H22N2O/c19-17-7-3-6-16(12-17)18(21)13-20-10-8-14-4-1-2-5-15(14)9-11-20/h1-7,12,18,21H,8-11,13,19H2. The summed E-state index contributed by atoms with van der Waals surface area (Å²) in [6.07, 6.45) is 1.63. The van der Waals surface area contributed by atoms with Crippen LogP contribution in [0.15, 0.2) is 48.5 Å². The zero-order chi connectivity index (χ0) is 14.7. The number of fused-ring (bicyclic) bond motifs is 1. The van der Waals surface area contributed by atoms with Crippen molar-refractivity contribution in [2.45, 2.75) is 18.9 Å². The minimum atomic E-state index is -0.477. The van der Waals surface area contributed by atoms with Crippen molar-refractivity contribution < 1.29 is 5.11 Å². The van der Waals surface area contributed by atoms with E-state index in [9.17, 15) is 5.11 Å². The summed E-state index contributed by atoms with van der Waals surface area (Å²) in [5, 5.41) is 10.4. The molecule has 1 heterocycles. The first-order valence-electron chi connectivity index (χ1n) is 7.55. The maximum Gasteiger partial charge on any atom is 0.0917 e. The first kappa shape index (κ1) is 14.1. The van der Waals surface area contributed by atoms with Crippen LogP contribution in [-0.4, -0.2) is 29.6 Å². The predicted octanol–water partition coefficient (Wildman–Crippen LogP) is 2.40. The number of aliphatic hydroxyl groups excluding tert-OH is 1. The minimum Gasteiger partial charge on any atom is -0.399 e. The van der Waals surface area contributed by atoms with E-state index in [2.05, 4.69) is 29.2 Å². The molecule has 3 nitrogen and oxygen atoms in total. The Bertz CT molecular complexity index is 585. The summed E-state index contributed by atoms with van der Waals surface area (Å²) >= 11 is 0. The zero-order valence-corrected chi connectivity index (χ0v) is 12.2. The molecule has 3 rings (SSSR count). The van der Waals surface area contributed by atoms with Gasteiger partial charge in [-0.05, 0) is 41.7 Å². The van der Waals surface area contributed by atoms with Crippen molar-refractivity contribution in [2.24, 2.45) is 0 Å². The Morgan fingerprint density at radius 3 is 2.29 bits per heavy atom. The Kier molecular flexibility index (Phi) is 4.23. The fourth-order valence-corrected chi connectivity index (χ4v) is 3.01. The summed E-state index contributed by atoms with van der Waals surface area (Å²) in [6, 6.07) is 16.2. The normalized spacial score (nSPS) is 17.0. The van der Waals surface area contributed by atoms with Crippen LogP contribution < -0.4 is 5.73 Å². The third kappa shape index (κ3) is 3.43. The van der Waals surface area contributed by atoms with E-state index in [1.54, 1.807) is 0 Å². The molecule has 2 aromatic carbocycles. The lowest BCUT2D eigenvalue weighted by Gasteiger charge is -2.23. The zero-order valence-electron chi connectivity index (χ0n) is 12.2. The molecule has 1 aliphatic heterocycles. The highest BCUT2D eigenvalue weighted by Crippen LogP contribution is 2.20. The van der Waals surface area contributed by atoms with Crippen LogP contribution in [0.3, 0.4) is 0 Å². The molecule has 110 valence electrons. The highest BCUT2D eigenvalue weighted by Gasteiger charge is 2.17. The molecular formula is C18H22N2O. The quantitative estimate of drug-likeness (QED) is 0.850. The Labute approximate surface area is 126 Å². The molecule has 0 aromatic heterocycles. The fourth-order valence-electron chi connectivity index (χ4n) is 3.01. The second kappa shape index (κ2) is 6.29. The van der Waals surface area contributed by atoms with E-state index in [-0.39, 0.29) is 0 Å². The number of anilines is 1. The molecule has 0 spiro atoms. The van der Waals surface area contributed by atoms with E-state index in [4.69, 9.17) is 5.73 Å². The molecule has 21 heavy (non-hydrogen) atoms. The maximum atomic E-state index is 10.4. The topological polar surface area (TPSA) is 49.5 Å². The average Bonchev–Trinajstić information content (AvgIpc) is 2.70. The summed E-state index contributed by atoms with van der Waals surface area (Å²) in [5.41, 5.74) is 10.3. The third-order valence-corrected chi connectivity index (χ3v) is 4.24. The van der Waals surface area contributed by atoms with Crippen LogP contribution in [0.4, 0.5) is 5.69 Å². The van der Waals surface area contributed by atoms with Crippen molar-refractivity contribution in [3.63, 3.8) is 0 Å². The van der Waals surface area contributed by atoms with Gasteiger partial charge in [-0.3, -0.25) is 4.90 Å². The number of nitrogens with two attached hydrogens (primary N) is 1. The summed E-state index contributed by atoms with van der Waals surface area (Å²) in [6.45, 7) is 2.66. The van der Waals surface area contributed by atoms with E-state index in [1.807, 2.05) is 24.3 Å². The highest BCUT2D eigenvalue weighted by molar-refractivity contribution is 5.41. The van der Waals surface area contributed by atoms with Gasteiger partial charge in [0.05, 0.1) is 6.10 Å². The van der Waals surface area contributed by atoms with E-state index < -0.39 is 6.10 Å². The predicted molar refractivity (Wildman–Crippen MR) is 86.1 cm³/mol. The Hall–Kier alpha value is -1.84. The van der Waals surface area contributed by atoms with E-state index in [0.29, 0.717) is 12.2 Å². The number of benzene rings is 2. The molecule has 0 amide bonds. The summed E-state index contributed by atoms with van der Waals surface area (Å²) in [7, 11) is 0. The number of hydrogen-bond donors (Lipinski definition) is 2. The number of β-amino-alcohol motifs (C(OH)–C–C–N with tert-alkyl or cyclic N) is 1. The molecule has 0 saturated carbocycles. The van der Waals surface area contributed by atoms with Gasteiger partial charge in [0.2, 0.25) is 0 Å². The van der Waals surface area contributed by atoms with Gasteiger partial charge in [-0.25, -0.2) is 0 Å². The minimum absolute atomic E-state index is 0.477. The van der Waals surface area contributed by atoms with Gasteiger partial charge in [0.15, 0.2) is 0 Å². The molecule has 2 aromatic rings. The summed E-state index contributed by atoms with van der Waals surface area (Å²) < 4.78 is 0. The number of hydrogen-bond acceptors (Lipinski definition) is 3. The molecule has 0 radical (unpaired) electrons. The molecule has 3 N–H and O–H groups in total. The van der Waals surface area contributed by atoms with Crippen molar-refractivity contribution in [3.05, 3.63) is 65.2 Å². The molecule has 0 bridgehead atoms. The van der Waals surface area contributed by atoms with E-state index >= 15 is 0 Å². The summed E-state index contributed by atoms with van der Waals surface area (Å²) in [4.78, 5) is 2.34. The van der Waals surface area contributed by atoms with Crippen molar-refractivity contribution in [1.82, 2.24) is 4.90 Å². The van der Waals surface area contributed by atoms with Gasteiger partial charge in [0, 0.05) is 25.3 Å². The van der Waals surface area contributed by atoms with Crippen LogP contribution >= 0.6 is 0 Å². The number of rotatable bonds is 3. The van der Waals surface area contributed by atoms with Gasteiger partial charge in [-0.15, -0.1) is 0 Å². The summed E-state index contributed by atoms with van der Waals surface area (Å²) in [5.74, 6) is 0. The average molecular weight is 282 g/mol. The van der Waals surface area contributed by atoms with Crippen molar-refractivity contribution >= 4 is 5.69 Å². The second-order valence-electron chi connectivity index (χ2n) is 5.76. The Balaban J connectivity index is 1.64. The molecule has 0 saturated heterocycles. The number of nitrogens with zero attached hydrogens (tertiary/aromatic N) is 1. The lowest BCUT2D eigenvalue weighted by molar-refractivity contribution is 0.115. The van der Waals surface area contributed by atoms with Crippen molar-refractivity contribution in [3.8, 4) is 0 Å². The van der Waals surface area contributed by atoms with Gasteiger partial charge in [0.25, 0.3) is 0 Å². The molecular weight excluding hydrogens is 260 g/mol. The maximum absolute atomic E-state index is 10.4. The van der Waals surface area contributed by atoms with Crippen LogP contribution in [-0.2, 0) is 12.8 Å². The van der Waals surface area contributed by atoms with E-state index in [1.165, 1.54) is 11.1 Å². The largest absolute Gasteiger partial charge is 0.399 e. The second-order valence-corrected chi connectivity index (χ2v) is 5.76. The Morgan fingerprint density at radius 1 is 1.00 bits per heavy atom. The monoisotopic (exact) mass is 282 g/mol. The first-order chi connectivity index (χ1) is 10.2. The van der Waals surface area contributed by atoms with Crippen LogP contribution in [0, 0.1) is 0 Å².